The van der Waals surface area contributed by atoms with E-state index in [-0.39, 0.29) is 10.8 Å². The highest BCUT2D eigenvalue weighted by Crippen LogP contribution is 2.25. The first-order valence-electron chi connectivity index (χ1n) is 8.24. The van der Waals surface area contributed by atoms with Crippen LogP contribution in [0.15, 0.2) is 47.4 Å². The molecule has 2 rings (SSSR count). The van der Waals surface area contributed by atoms with E-state index < -0.39 is 10.0 Å². The first-order valence-corrected chi connectivity index (χ1v) is 9.72. The molecule has 0 aliphatic rings. The van der Waals surface area contributed by atoms with Gasteiger partial charge in [-0.1, -0.05) is 32.0 Å². The second kappa shape index (κ2) is 7.70. The number of aryl methyl sites for hydroxylation is 1. The fourth-order valence-electron chi connectivity index (χ4n) is 2.50. The van der Waals surface area contributed by atoms with Crippen LogP contribution in [0.2, 0.25) is 0 Å². The Morgan fingerprint density at radius 1 is 1.08 bits per heavy atom. The van der Waals surface area contributed by atoms with Crippen molar-refractivity contribution in [1.29, 1.82) is 0 Å². The minimum atomic E-state index is -3.74. The summed E-state index contributed by atoms with van der Waals surface area (Å²) < 4.78 is 28.0. The Labute approximate surface area is 149 Å². The van der Waals surface area contributed by atoms with Gasteiger partial charge in [-0.2, -0.15) is 0 Å². The number of hydrogen-bond donors (Lipinski definition) is 2. The van der Waals surface area contributed by atoms with E-state index in [0.29, 0.717) is 22.9 Å². The van der Waals surface area contributed by atoms with Gasteiger partial charge in [-0.05, 0) is 54.7 Å². The predicted molar refractivity (Wildman–Crippen MR) is 101 cm³/mol. The normalized spacial score (nSPS) is 12.5. The van der Waals surface area contributed by atoms with Crippen LogP contribution in [0.25, 0.3) is 0 Å². The average Bonchev–Trinajstić information content (AvgIpc) is 2.55. The number of hydrogen-bond acceptors (Lipinski definition) is 3. The Hall–Kier alpha value is -2.34. The van der Waals surface area contributed by atoms with Crippen LogP contribution in [0, 0.1) is 6.92 Å². The molecule has 134 valence electrons. The molecule has 5 nitrogen and oxygen atoms in total. The van der Waals surface area contributed by atoms with E-state index in [1.54, 1.807) is 31.2 Å². The van der Waals surface area contributed by atoms with Crippen LogP contribution in [0.5, 0.6) is 0 Å². The van der Waals surface area contributed by atoms with Gasteiger partial charge in [-0.15, -0.1) is 0 Å². The zero-order chi connectivity index (χ0) is 18.6. The van der Waals surface area contributed by atoms with Crippen molar-refractivity contribution in [3.8, 4) is 0 Å². The third kappa shape index (κ3) is 4.82. The molecular weight excluding hydrogens is 336 g/mol. The number of carbonyl (C=O) groups excluding carboxylic acids is 1. The molecule has 0 radical (unpaired) electrons. The smallest absolute Gasteiger partial charge is 0.262 e. The molecule has 2 N–H and O–H groups in total. The lowest BCUT2D eigenvalue weighted by Crippen LogP contribution is -2.15. The van der Waals surface area contributed by atoms with Crippen LogP contribution in [-0.2, 0) is 14.8 Å². The van der Waals surface area contributed by atoms with E-state index in [9.17, 15) is 13.2 Å². The van der Waals surface area contributed by atoms with Crippen molar-refractivity contribution in [3.05, 3.63) is 53.6 Å². The topological polar surface area (TPSA) is 75.3 Å². The summed E-state index contributed by atoms with van der Waals surface area (Å²) in [5.41, 5.74) is 2.74. The molecule has 2 aromatic rings. The van der Waals surface area contributed by atoms with Crippen LogP contribution >= 0.6 is 0 Å². The first kappa shape index (κ1) is 19.0. The highest BCUT2D eigenvalue weighted by molar-refractivity contribution is 7.92. The lowest BCUT2D eigenvalue weighted by molar-refractivity contribution is -0.114. The third-order valence-corrected chi connectivity index (χ3v) is 5.67. The molecule has 25 heavy (non-hydrogen) atoms. The summed E-state index contributed by atoms with van der Waals surface area (Å²) in [6, 6.07) is 12.2. The molecule has 0 heterocycles. The average molecular weight is 360 g/mol. The van der Waals surface area contributed by atoms with Crippen molar-refractivity contribution >= 4 is 27.3 Å². The summed E-state index contributed by atoms with van der Waals surface area (Å²) in [7, 11) is -3.74. The zero-order valence-electron chi connectivity index (χ0n) is 15.0. The monoisotopic (exact) mass is 360 g/mol. The molecule has 0 bridgehead atoms. The van der Waals surface area contributed by atoms with Crippen LogP contribution < -0.4 is 10.0 Å². The molecule has 1 amide bonds. The van der Waals surface area contributed by atoms with Crippen LogP contribution in [0.4, 0.5) is 11.4 Å². The maximum Gasteiger partial charge on any atom is 0.262 e. The number of nitrogens with one attached hydrogen (secondary N) is 2. The number of amides is 1. The van der Waals surface area contributed by atoms with Gasteiger partial charge < -0.3 is 5.32 Å². The largest absolute Gasteiger partial charge is 0.326 e. The molecular formula is C19H24N2O3S. The third-order valence-electron chi connectivity index (χ3n) is 4.14. The van der Waals surface area contributed by atoms with Crippen LogP contribution in [0.3, 0.4) is 0 Å². The highest BCUT2D eigenvalue weighted by Gasteiger charge is 2.18. The molecule has 0 aromatic heterocycles. The molecule has 1 atom stereocenters. The molecule has 1 unspecified atom stereocenters. The van der Waals surface area contributed by atoms with Gasteiger partial charge in [0.1, 0.15) is 0 Å². The van der Waals surface area contributed by atoms with Crippen LogP contribution in [-0.4, -0.2) is 14.3 Å². The van der Waals surface area contributed by atoms with E-state index in [1.165, 1.54) is 18.6 Å². The standard InChI is InChI=1S/C19H24N2O3S/c1-5-13(2)16-7-10-17(11-8-16)21-25(23,24)19-12-18(20-15(4)22)9-6-14(19)3/h6-13,21H,5H2,1-4H3,(H,20,22). The fraction of sp³-hybridized carbons (Fsp3) is 0.316. The summed E-state index contributed by atoms with van der Waals surface area (Å²) in [5.74, 6) is 0.183. The summed E-state index contributed by atoms with van der Waals surface area (Å²) >= 11 is 0. The molecule has 0 fully saturated rings. The molecule has 0 aliphatic heterocycles. The lowest BCUT2D eigenvalue weighted by atomic mass is 9.99. The van der Waals surface area contributed by atoms with Gasteiger partial charge in [-0.3, -0.25) is 9.52 Å². The van der Waals surface area contributed by atoms with Crippen molar-refractivity contribution in [2.75, 3.05) is 10.0 Å². The van der Waals surface area contributed by atoms with Crippen LogP contribution in [0.1, 0.15) is 44.2 Å². The summed E-state index contributed by atoms with van der Waals surface area (Å²) in [4.78, 5) is 11.3. The summed E-state index contributed by atoms with van der Waals surface area (Å²) in [6.45, 7) is 7.35. The van der Waals surface area contributed by atoms with Gasteiger partial charge in [-0.25, -0.2) is 8.42 Å². The van der Waals surface area contributed by atoms with E-state index in [1.807, 2.05) is 12.1 Å². The molecule has 0 aliphatic carbocycles. The van der Waals surface area contributed by atoms with Gasteiger partial charge >= 0.3 is 0 Å². The summed E-state index contributed by atoms with van der Waals surface area (Å²) in [6.07, 6.45) is 1.03. The zero-order valence-corrected chi connectivity index (χ0v) is 15.8. The fourth-order valence-corrected chi connectivity index (χ4v) is 3.83. The van der Waals surface area contributed by atoms with E-state index >= 15 is 0 Å². The number of sulfonamides is 1. The Balaban J connectivity index is 2.28. The molecule has 6 heteroatoms. The molecule has 0 spiro atoms. The number of benzene rings is 2. The Bertz CT molecular complexity index is 859. The van der Waals surface area contributed by atoms with Gasteiger partial charge in [0.05, 0.1) is 4.90 Å². The molecule has 0 saturated heterocycles. The van der Waals surface area contributed by atoms with E-state index in [0.717, 1.165) is 6.42 Å². The predicted octanol–water partition coefficient (Wildman–Crippen LogP) is 4.27. The van der Waals surface area contributed by atoms with Crippen molar-refractivity contribution in [2.45, 2.75) is 44.9 Å². The Morgan fingerprint density at radius 3 is 2.24 bits per heavy atom. The van der Waals surface area contributed by atoms with Gasteiger partial charge in [0, 0.05) is 18.3 Å². The summed E-state index contributed by atoms with van der Waals surface area (Å²) in [5, 5.41) is 2.60. The quantitative estimate of drug-likeness (QED) is 0.808. The highest BCUT2D eigenvalue weighted by atomic mass is 32.2. The maximum atomic E-state index is 12.7. The second-order valence-electron chi connectivity index (χ2n) is 6.20. The minimum absolute atomic E-state index is 0.143. The number of carbonyl (C=O) groups is 1. The molecule has 0 saturated carbocycles. The second-order valence-corrected chi connectivity index (χ2v) is 7.85. The van der Waals surface area contributed by atoms with Crippen molar-refractivity contribution in [3.63, 3.8) is 0 Å². The minimum Gasteiger partial charge on any atom is -0.326 e. The lowest BCUT2D eigenvalue weighted by Gasteiger charge is -2.14. The van der Waals surface area contributed by atoms with Gasteiger partial charge in [0.25, 0.3) is 10.0 Å². The Morgan fingerprint density at radius 2 is 1.68 bits per heavy atom. The number of rotatable bonds is 6. The number of anilines is 2. The first-order chi connectivity index (χ1) is 11.7. The van der Waals surface area contributed by atoms with E-state index in [4.69, 9.17) is 0 Å². The van der Waals surface area contributed by atoms with Crippen molar-refractivity contribution in [1.82, 2.24) is 0 Å². The van der Waals surface area contributed by atoms with Gasteiger partial charge in [0.2, 0.25) is 5.91 Å². The molecule has 2 aromatic carbocycles. The van der Waals surface area contributed by atoms with Crippen molar-refractivity contribution < 1.29 is 13.2 Å². The van der Waals surface area contributed by atoms with E-state index in [2.05, 4.69) is 23.9 Å². The maximum absolute atomic E-state index is 12.7. The van der Waals surface area contributed by atoms with Gasteiger partial charge in [0.15, 0.2) is 0 Å². The Kier molecular flexibility index (Phi) is 5.85. The van der Waals surface area contributed by atoms with Crippen molar-refractivity contribution in [2.24, 2.45) is 0 Å². The SMILES string of the molecule is CCC(C)c1ccc(NS(=O)(=O)c2cc(NC(C)=O)ccc2C)cc1.